The van der Waals surface area contributed by atoms with Crippen LogP contribution in [0.5, 0.6) is 0 Å². The summed E-state index contributed by atoms with van der Waals surface area (Å²) in [6.45, 7) is 0. The van der Waals surface area contributed by atoms with Crippen molar-refractivity contribution in [1.29, 1.82) is 0 Å². The number of rotatable bonds is 0. The summed E-state index contributed by atoms with van der Waals surface area (Å²) in [5, 5.41) is 0. The molecule has 0 fully saturated rings. The first-order valence-electron chi connectivity index (χ1n) is 0.632. The van der Waals surface area contributed by atoms with E-state index in [9.17, 15) is 0 Å². The van der Waals surface area contributed by atoms with Crippen LogP contribution in [0.3, 0.4) is 0 Å². The van der Waals surface area contributed by atoms with Gasteiger partial charge in [-0.2, -0.15) is 0 Å². The summed E-state index contributed by atoms with van der Waals surface area (Å²) in [4.78, 5) is 0. The Bertz CT molecular complexity index is 129. The second kappa shape index (κ2) is 2.74. The number of hydrogen-bond acceptors (Lipinski definition) is 3. The summed E-state index contributed by atoms with van der Waals surface area (Å²) in [5.41, 5.74) is 0. The van der Waals surface area contributed by atoms with Gasteiger partial charge >= 0.3 is 28.7 Å². The van der Waals surface area contributed by atoms with Crippen LogP contribution in [0.4, 0.5) is 0 Å². The fourth-order valence-electron chi connectivity index (χ4n) is 0. The van der Waals surface area contributed by atoms with E-state index in [0.717, 1.165) is 0 Å². The summed E-state index contributed by atoms with van der Waals surface area (Å²) >= 11 is -5.38. The molecule has 0 aromatic heterocycles. The second-order valence-corrected chi connectivity index (χ2v) is 1.63. The number of hydrogen-bond donors (Lipinski definition) is 1. The van der Waals surface area contributed by atoms with Crippen LogP contribution in [0.1, 0.15) is 0 Å². The molecule has 0 unspecified atom stereocenters. The van der Waals surface area contributed by atoms with E-state index < -0.39 is 13.0 Å². The van der Waals surface area contributed by atoms with E-state index in [4.69, 9.17) is 15.7 Å². The third-order valence-electron chi connectivity index (χ3n) is 0. The van der Waals surface area contributed by atoms with Crippen molar-refractivity contribution in [2.24, 2.45) is 0 Å². The molecule has 0 aromatic rings. The molecule has 0 amide bonds. The van der Waals surface area contributed by atoms with Crippen LogP contribution >= 0.6 is 0 Å². The van der Waals surface area contributed by atoms with E-state index in [1.807, 2.05) is 0 Å². The molecule has 0 spiro atoms. The van der Waals surface area contributed by atoms with Gasteiger partial charge in [-0.05, 0) is 0 Å². The average molecular weight is 228 g/mol. The van der Waals surface area contributed by atoms with Gasteiger partial charge in [0.15, 0.2) is 0 Å². The van der Waals surface area contributed by atoms with Gasteiger partial charge in [0.25, 0.3) is 0 Å². The van der Waals surface area contributed by atoms with Crippen molar-refractivity contribution in [2.75, 3.05) is 0 Å². The molecule has 0 aliphatic rings. The molecule has 6 heavy (non-hydrogen) atoms. The Morgan fingerprint density at radius 3 is 1.17 bits per heavy atom. The fraction of sp³-hybridized carbons (Fsp3) is 0. The van der Waals surface area contributed by atoms with Crippen molar-refractivity contribution in [3.8, 4) is 0 Å². The van der Waals surface area contributed by atoms with Crippen molar-refractivity contribution in [2.45, 2.75) is 0 Å². The molecule has 0 bridgehead atoms. The van der Waals surface area contributed by atoms with Crippen LogP contribution in [-0.2, 0) is 46.9 Å². The van der Waals surface area contributed by atoms with Crippen molar-refractivity contribution in [3.63, 3.8) is 0 Å². The maximum atomic E-state index is 8.69. The zero-order chi connectivity index (χ0) is 4.50. The van der Waals surface area contributed by atoms with Crippen molar-refractivity contribution in [1.82, 2.24) is 0 Å². The molecule has 1 N–H and O–H groups in total. The van der Waals surface area contributed by atoms with E-state index in [1.165, 1.54) is 0 Å². The second-order valence-electron chi connectivity index (χ2n) is 0.396. The molecule has 4 nitrogen and oxygen atoms in total. The summed E-state index contributed by atoms with van der Waals surface area (Å²) in [5.74, 6) is 0. The fourth-order valence-corrected chi connectivity index (χ4v) is 0. The third-order valence-corrected chi connectivity index (χ3v) is 0. The van der Waals surface area contributed by atoms with Crippen molar-refractivity contribution >= 4 is 0 Å². The van der Waals surface area contributed by atoms with Gasteiger partial charge in [-0.1, -0.05) is 0 Å². The van der Waals surface area contributed by atoms with Crippen molar-refractivity contribution in [3.05, 3.63) is 0 Å². The van der Waals surface area contributed by atoms with Gasteiger partial charge in [0.05, 0.1) is 0 Å². The summed E-state index contributed by atoms with van der Waals surface area (Å²) < 4.78 is 33.1. The summed E-state index contributed by atoms with van der Waals surface area (Å²) in [6, 6.07) is 0. The summed E-state index contributed by atoms with van der Waals surface area (Å²) in [7, 11) is 0. The Labute approximate surface area is 51.2 Å². The van der Waals surface area contributed by atoms with Gasteiger partial charge in [0, 0.05) is 22.4 Å². The molecule has 6 heteroatoms. The Kier molecular flexibility index (Phi) is 4.47. The van der Waals surface area contributed by atoms with Gasteiger partial charge in [-0.3, -0.25) is 0 Å². The molecule has 43 valence electrons. The van der Waals surface area contributed by atoms with Crippen LogP contribution in [0.25, 0.3) is 0 Å². The Hall–Kier alpha value is 0.620. The predicted molar refractivity (Wildman–Crippen MR) is 4.28 cm³/mol. The van der Waals surface area contributed by atoms with Gasteiger partial charge in [0.1, 0.15) is 0 Å². The van der Waals surface area contributed by atoms with E-state index in [0.29, 0.717) is 0 Å². The van der Waals surface area contributed by atoms with Crippen LogP contribution in [0.2, 0.25) is 0 Å². The third kappa shape index (κ3) is 158. The van der Waals surface area contributed by atoms with Crippen molar-refractivity contribution < 1.29 is 51.0 Å². The van der Waals surface area contributed by atoms with E-state index in [1.54, 1.807) is 0 Å². The molecule has 0 aromatic carbocycles. The molecule has 0 aliphatic carbocycles. The van der Waals surface area contributed by atoms with Gasteiger partial charge in [-0.25, -0.2) is 0 Å². The molecule has 0 aliphatic heterocycles. The molecule has 0 rings (SSSR count). The van der Waals surface area contributed by atoms with Crippen LogP contribution in [0, 0.1) is 0 Å². The summed E-state index contributed by atoms with van der Waals surface area (Å²) in [6.07, 6.45) is 0. The normalized spacial score (nSPS) is 9.50. The van der Waals surface area contributed by atoms with E-state index in [-0.39, 0.29) is 22.4 Å². The van der Waals surface area contributed by atoms with E-state index in [2.05, 4.69) is 0 Å². The first kappa shape index (κ1) is 9.80. The van der Waals surface area contributed by atoms with Crippen LogP contribution in [0.15, 0.2) is 0 Å². The standard InChI is InChI=1S/Ag.Mn.H2O.3O/h;;1H2;;;/q;+1;;;;/p-1. The molecular formula is HAgMnO4. The minimum absolute atomic E-state index is 0. The first-order chi connectivity index (χ1) is 2.00. The molecule has 0 heterocycles. The Balaban J connectivity index is 0. The first-order valence-corrected chi connectivity index (χ1v) is 2.61. The average Bonchev–Trinajstić information content (AvgIpc) is 0.722. The van der Waals surface area contributed by atoms with Crippen LogP contribution in [-0.4, -0.2) is 4.19 Å². The molecule has 0 saturated carbocycles. The quantitative estimate of drug-likeness (QED) is 0.544. The van der Waals surface area contributed by atoms with Gasteiger partial charge < -0.3 is 0 Å². The zero-order valence-corrected chi connectivity index (χ0v) is 5.01. The van der Waals surface area contributed by atoms with E-state index >= 15 is 0 Å². The Morgan fingerprint density at radius 2 is 1.17 bits per heavy atom. The topological polar surface area (TPSA) is 71.4 Å². The minimum atomic E-state index is -5.38. The monoisotopic (exact) mass is 227 g/mol. The molecule has 0 saturated heterocycles. The zero-order valence-electron chi connectivity index (χ0n) is 2.35. The van der Waals surface area contributed by atoms with Crippen LogP contribution < -0.4 is 0 Å². The molecule has 1 radical (unpaired) electrons. The maximum absolute atomic E-state index is 8.69. The van der Waals surface area contributed by atoms with Gasteiger partial charge in [-0.15, -0.1) is 0 Å². The SMILES string of the molecule is [Ag].[O]=[Mn](=[O])(=[O])[OH]. The molecular weight excluding hydrogens is 227 g/mol. The van der Waals surface area contributed by atoms with Gasteiger partial charge in [0.2, 0.25) is 0 Å². The Morgan fingerprint density at radius 1 is 1.17 bits per heavy atom. The molecule has 0 atom stereocenters. The predicted octanol–water partition coefficient (Wildman–Crippen LogP) is -0.918.